The van der Waals surface area contributed by atoms with Crippen molar-refractivity contribution in [2.75, 3.05) is 5.32 Å². The number of phenolic OH excluding ortho intramolecular Hbond substituents is 1. The van der Waals surface area contributed by atoms with E-state index >= 15 is 0 Å². The predicted molar refractivity (Wildman–Crippen MR) is 71.4 cm³/mol. The van der Waals surface area contributed by atoms with Crippen molar-refractivity contribution in [3.05, 3.63) is 23.3 Å². The third-order valence-corrected chi connectivity index (χ3v) is 3.71. The SMILES string of the molecule is Cc1ccc(NC2CCCC(N)C2)c(C)c1O. The van der Waals surface area contributed by atoms with Gasteiger partial charge in [-0.25, -0.2) is 0 Å². The average Bonchev–Trinajstić information content (AvgIpc) is 2.30. The van der Waals surface area contributed by atoms with Crippen LogP contribution in [0.15, 0.2) is 12.1 Å². The number of aryl methyl sites for hydroxylation is 1. The van der Waals surface area contributed by atoms with Crippen molar-refractivity contribution in [1.29, 1.82) is 0 Å². The van der Waals surface area contributed by atoms with Crippen molar-refractivity contribution in [2.45, 2.75) is 51.6 Å². The van der Waals surface area contributed by atoms with Crippen LogP contribution in [0.4, 0.5) is 5.69 Å². The van der Waals surface area contributed by atoms with E-state index in [1.807, 2.05) is 26.0 Å². The molecule has 1 aromatic rings. The van der Waals surface area contributed by atoms with Crippen molar-refractivity contribution < 1.29 is 5.11 Å². The summed E-state index contributed by atoms with van der Waals surface area (Å²) in [6.45, 7) is 3.87. The van der Waals surface area contributed by atoms with E-state index in [0.717, 1.165) is 29.7 Å². The van der Waals surface area contributed by atoms with Gasteiger partial charge >= 0.3 is 0 Å². The van der Waals surface area contributed by atoms with E-state index in [4.69, 9.17) is 5.73 Å². The molecule has 3 heteroatoms. The zero-order valence-electron chi connectivity index (χ0n) is 10.7. The van der Waals surface area contributed by atoms with Gasteiger partial charge in [0.25, 0.3) is 0 Å². The Bertz CT molecular complexity index is 403. The first-order valence-electron chi connectivity index (χ1n) is 6.39. The zero-order valence-corrected chi connectivity index (χ0v) is 10.7. The maximum atomic E-state index is 9.90. The Hall–Kier alpha value is -1.22. The highest BCUT2D eigenvalue weighted by Crippen LogP contribution is 2.30. The molecule has 3 nitrogen and oxygen atoms in total. The van der Waals surface area contributed by atoms with Crippen molar-refractivity contribution in [1.82, 2.24) is 0 Å². The quantitative estimate of drug-likeness (QED) is 0.737. The van der Waals surface area contributed by atoms with E-state index in [1.165, 1.54) is 12.8 Å². The number of rotatable bonds is 2. The molecule has 1 fully saturated rings. The Kier molecular flexibility index (Phi) is 3.57. The minimum Gasteiger partial charge on any atom is -0.507 e. The summed E-state index contributed by atoms with van der Waals surface area (Å²) in [5, 5.41) is 13.4. The second kappa shape index (κ2) is 4.96. The van der Waals surface area contributed by atoms with E-state index in [2.05, 4.69) is 5.32 Å². The number of nitrogens with two attached hydrogens (primary N) is 1. The summed E-state index contributed by atoms with van der Waals surface area (Å²) in [6, 6.07) is 4.76. The minimum absolute atomic E-state index is 0.320. The maximum absolute atomic E-state index is 9.90. The molecule has 1 aliphatic carbocycles. The van der Waals surface area contributed by atoms with Gasteiger partial charge in [0, 0.05) is 23.3 Å². The molecule has 0 saturated heterocycles. The Morgan fingerprint density at radius 1 is 1.29 bits per heavy atom. The van der Waals surface area contributed by atoms with Crippen LogP contribution in [0, 0.1) is 13.8 Å². The molecule has 2 rings (SSSR count). The Morgan fingerprint density at radius 2 is 2.06 bits per heavy atom. The van der Waals surface area contributed by atoms with E-state index in [0.29, 0.717) is 17.8 Å². The molecule has 1 aliphatic rings. The molecule has 0 heterocycles. The van der Waals surface area contributed by atoms with Gasteiger partial charge in [0.2, 0.25) is 0 Å². The third-order valence-electron chi connectivity index (χ3n) is 3.71. The van der Waals surface area contributed by atoms with E-state index < -0.39 is 0 Å². The number of anilines is 1. The van der Waals surface area contributed by atoms with Crippen LogP contribution in [0.1, 0.15) is 36.8 Å². The van der Waals surface area contributed by atoms with Crippen LogP contribution in [0.2, 0.25) is 0 Å². The first-order valence-corrected chi connectivity index (χ1v) is 6.39. The topological polar surface area (TPSA) is 58.3 Å². The molecular formula is C14H22N2O. The van der Waals surface area contributed by atoms with Gasteiger partial charge in [-0.15, -0.1) is 0 Å². The summed E-state index contributed by atoms with van der Waals surface area (Å²) in [6.07, 6.45) is 4.52. The molecule has 1 saturated carbocycles. The maximum Gasteiger partial charge on any atom is 0.123 e. The monoisotopic (exact) mass is 234 g/mol. The highest BCUT2D eigenvalue weighted by molar-refractivity contribution is 5.59. The lowest BCUT2D eigenvalue weighted by Crippen LogP contribution is -2.35. The summed E-state index contributed by atoms with van der Waals surface area (Å²) in [7, 11) is 0. The van der Waals surface area contributed by atoms with Gasteiger partial charge in [-0.1, -0.05) is 6.07 Å². The van der Waals surface area contributed by atoms with Crippen molar-refractivity contribution in [2.24, 2.45) is 5.73 Å². The van der Waals surface area contributed by atoms with Crippen molar-refractivity contribution >= 4 is 5.69 Å². The second-order valence-electron chi connectivity index (χ2n) is 5.17. The largest absolute Gasteiger partial charge is 0.507 e. The molecule has 4 N–H and O–H groups in total. The number of phenols is 1. The summed E-state index contributed by atoms with van der Waals surface area (Å²) < 4.78 is 0. The highest BCUT2D eigenvalue weighted by Gasteiger charge is 2.19. The van der Waals surface area contributed by atoms with E-state index in [1.54, 1.807) is 0 Å². The summed E-state index contributed by atoms with van der Waals surface area (Å²) >= 11 is 0. The first-order chi connectivity index (χ1) is 8.08. The standard InChI is InChI=1S/C14H22N2O/c1-9-6-7-13(10(2)14(9)17)16-12-5-3-4-11(15)8-12/h6-7,11-12,16-17H,3-5,8,15H2,1-2H3. The summed E-state index contributed by atoms with van der Waals surface area (Å²) in [5.74, 6) is 0.398. The molecule has 0 bridgehead atoms. The molecular weight excluding hydrogens is 212 g/mol. The van der Waals surface area contributed by atoms with Gasteiger partial charge in [0.05, 0.1) is 0 Å². The van der Waals surface area contributed by atoms with Crippen LogP contribution >= 0.6 is 0 Å². The number of hydrogen-bond acceptors (Lipinski definition) is 3. The molecule has 17 heavy (non-hydrogen) atoms. The Balaban J connectivity index is 2.10. The Labute approximate surface area is 103 Å². The first kappa shape index (κ1) is 12.2. The second-order valence-corrected chi connectivity index (χ2v) is 5.17. The molecule has 94 valence electrons. The summed E-state index contributed by atoms with van der Waals surface area (Å²) in [5.41, 5.74) is 8.87. The lowest BCUT2D eigenvalue weighted by atomic mass is 9.91. The molecule has 2 unspecified atom stereocenters. The van der Waals surface area contributed by atoms with Crippen LogP contribution in [-0.4, -0.2) is 17.2 Å². The fraction of sp³-hybridized carbons (Fsp3) is 0.571. The van der Waals surface area contributed by atoms with Crippen LogP contribution in [0.5, 0.6) is 5.75 Å². The molecule has 0 spiro atoms. The van der Waals surface area contributed by atoms with E-state index in [-0.39, 0.29) is 0 Å². The van der Waals surface area contributed by atoms with E-state index in [9.17, 15) is 5.11 Å². The number of nitrogens with one attached hydrogen (secondary N) is 1. The Morgan fingerprint density at radius 3 is 2.76 bits per heavy atom. The average molecular weight is 234 g/mol. The zero-order chi connectivity index (χ0) is 12.4. The molecule has 0 amide bonds. The number of hydrogen-bond donors (Lipinski definition) is 3. The lowest BCUT2D eigenvalue weighted by molar-refractivity contribution is 0.409. The highest BCUT2D eigenvalue weighted by atomic mass is 16.3. The van der Waals surface area contributed by atoms with Crippen LogP contribution in [0.25, 0.3) is 0 Å². The number of benzene rings is 1. The predicted octanol–water partition coefficient (Wildman–Crippen LogP) is 2.69. The van der Waals surface area contributed by atoms with Gasteiger partial charge < -0.3 is 16.2 Å². The van der Waals surface area contributed by atoms with Crippen LogP contribution < -0.4 is 11.1 Å². The van der Waals surface area contributed by atoms with Crippen molar-refractivity contribution in [3.8, 4) is 5.75 Å². The molecule has 1 aromatic carbocycles. The molecule has 0 aromatic heterocycles. The van der Waals surface area contributed by atoms with Gasteiger partial charge in [0.15, 0.2) is 0 Å². The smallest absolute Gasteiger partial charge is 0.123 e. The van der Waals surface area contributed by atoms with Gasteiger partial charge in [-0.3, -0.25) is 0 Å². The van der Waals surface area contributed by atoms with Crippen LogP contribution in [0.3, 0.4) is 0 Å². The molecule has 0 radical (unpaired) electrons. The molecule has 2 atom stereocenters. The number of aromatic hydroxyl groups is 1. The third kappa shape index (κ3) is 2.72. The fourth-order valence-corrected chi connectivity index (χ4v) is 2.57. The normalized spacial score (nSPS) is 24.6. The lowest BCUT2D eigenvalue weighted by Gasteiger charge is -2.29. The fourth-order valence-electron chi connectivity index (χ4n) is 2.57. The molecule has 0 aliphatic heterocycles. The van der Waals surface area contributed by atoms with Gasteiger partial charge in [0.1, 0.15) is 5.75 Å². The van der Waals surface area contributed by atoms with Gasteiger partial charge in [-0.05, 0) is 51.2 Å². The minimum atomic E-state index is 0.320. The summed E-state index contributed by atoms with van der Waals surface area (Å²) in [4.78, 5) is 0. The van der Waals surface area contributed by atoms with Gasteiger partial charge in [-0.2, -0.15) is 0 Å². The van der Waals surface area contributed by atoms with Crippen LogP contribution in [-0.2, 0) is 0 Å². The van der Waals surface area contributed by atoms with Crippen molar-refractivity contribution in [3.63, 3.8) is 0 Å².